The van der Waals surface area contributed by atoms with E-state index in [-0.39, 0.29) is 12.2 Å². The topological polar surface area (TPSA) is 127 Å². The van der Waals surface area contributed by atoms with E-state index >= 15 is 0 Å². The number of likely N-dealkylation sites (N-methyl/N-ethyl adjacent to an activating group) is 1. The number of aliphatic hydroxyl groups is 1. The number of methoxy groups -OCH3 is 1. The van der Waals surface area contributed by atoms with Crippen LogP contribution in [-0.4, -0.2) is 62.2 Å². The van der Waals surface area contributed by atoms with Crippen LogP contribution in [0.2, 0.25) is 0 Å². The zero-order valence-electron chi connectivity index (χ0n) is 15.9. The van der Waals surface area contributed by atoms with Crippen LogP contribution >= 0.6 is 0 Å². The molecule has 1 amide bonds. The fourth-order valence-electron chi connectivity index (χ4n) is 3.11. The number of fused-ring (bicyclic) bond motifs is 1. The highest BCUT2D eigenvalue weighted by atomic mass is 16.5. The Morgan fingerprint density at radius 1 is 1.31 bits per heavy atom. The highest BCUT2D eigenvalue weighted by molar-refractivity contribution is 5.90. The average Bonchev–Trinajstić information content (AvgIpc) is 3.00. The van der Waals surface area contributed by atoms with Gasteiger partial charge in [-0.2, -0.15) is 0 Å². The first-order chi connectivity index (χ1) is 13.9. The van der Waals surface area contributed by atoms with Gasteiger partial charge in [-0.25, -0.2) is 19.9 Å². The number of ether oxygens (including phenoxy) is 1. The molecular formula is C20H18N6O3. The van der Waals surface area contributed by atoms with Crippen LogP contribution in [0.5, 0.6) is 5.75 Å². The van der Waals surface area contributed by atoms with Crippen molar-refractivity contribution in [2.45, 2.75) is 12.0 Å². The minimum absolute atomic E-state index is 0.250. The van der Waals surface area contributed by atoms with Crippen LogP contribution < -0.4 is 10.5 Å². The van der Waals surface area contributed by atoms with Gasteiger partial charge in [0.25, 0.3) is 5.91 Å². The van der Waals surface area contributed by atoms with Crippen molar-refractivity contribution in [3.63, 3.8) is 0 Å². The number of carbonyl (C=O) groups excluding carboxylic acids is 1. The summed E-state index contributed by atoms with van der Waals surface area (Å²) in [4.78, 5) is 30.4. The average molecular weight is 390 g/mol. The van der Waals surface area contributed by atoms with E-state index in [0.29, 0.717) is 40.3 Å². The molecule has 1 aliphatic rings. The van der Waals surface area contributed by atoms with Gasteiger partial charge < -0.3 is 20.5 Å². The Balaban J connectivity index is 1.77. The number of amides is 1. The molecule has 4 rings (SSSR count). The van der Waals surface area contributed by atoms with Crippen LogP contribution in [-0.2, 0) is 4.79 Å². The third-order valence-corrected chi connectivity index (χ3v) is 4.77. The lowest BCUT2D eigenvalue weighted by atomic mass is 10.0. The third-order valence-electron chi connectivity index (χ3n) is 4.77. The molecule has 1 aliphatic heterocycles. The lowest BCUT2D eigenvalue weighted by molar-refractivity contribution is -0.137. The van der Waals surface area contributed by atoms with E-state index < -0.39 is 11.5 Å². The first-order valence-electron chi connectivity index (χ1n) is 8.84. The summed E-state index contributed by atoms with van der Waals surface area (Å²) < 4.78 is 5.43. The van der Waals surface area contributed by atoms with Gasteiger partial charge in [-0.1, -0.05) is 11.8 Å². The molecule has 1 atom stereocenters. The number of hydrogen-bond acceptors (Lipinski definition) is 8. The number of hydrogen-bond donors (Lipinski definition) is 2. The van der Waals surface area contributed by atoms with E-state index in [1.54, 1.807) is 38.6 Å². The van der Waals surface area contributed by atoms with E-state index in [1.165, 1.54) is 11.2 Å². The number of aromatic nitrogens is 4. The lowest BCUT2D eigenvalue weighted by Crippen LogP contribution is -2.37. The Bertz CT molecular complexity index is 1190. The van der Waals surface area contributed by atoms with E-state index in [9.17, 15) is 9.90 Å². The molecule has 1 saturated heterocycles. The summed E-state index contributed by atoms with van der Waals surface area (Å²) in [6.45, 7) is 0.465. The molecule has 1 aromatic carbocycles. The SMILES string of the molecule is COc1ccc(C#CC2(O)CCN(C)C2=O)cc1-c1ncc2ncnc(N)c2n1. The van der Waals surface area contributed by atoms with Gasteiger partial charge in [0, 0.05) is 25.6 Å². The number of nitrogen functional groups attached to an aromatic ring is 1. The number of likely N-dealkylation sites (tertiary alicyclic amines) is 1. The molecule has 29 heavy (non-hydrogen) atoms. The Hall–Kier alpha value is -3.77. The predicted octanol–water partition coefficient (Wildman–Crippen LogP) is 0.622. The van der Waals surface area contributed by atoms with Crippen molar-refractivity contribution in [1.29, 1.82) is 0 Å². The van der Waals surface area contributed by atoms with E-state index in [2.05, 4.69) is 31.8 Å². The van der Waals surface area contributed by atoms with Gasteiger partial charge in [0.1, 0.15) is 23.1 Å². The van der Waals surface area contributed by atoms with Gasteiger partial charge in [-0.05, 0) is 18.2 Å². The molecule has 146 valence electrons. The van der Waals surface area contributed by atoms with E-state index in [4.69, 9.17) is 10.5 Å². The Labute approximate surface area is 166 Å². The molecule has 9 heteroatoms. The van der Waals surface area contributed by atoms with Crippen molar-refractivity contribution in [2.75, 3.05) is 26.4 Å². The van der Waals surface area contributed by atoms with Gasteiger partial charge in [0.05, 0.1) is 18.9 Å². The van der Waals surface area contributed by atoms with Crippen LogP contribution in [0.1, 0.15) is 12.0 Å². The predicted molar refractivity (Wildman–Crippen MR) is 106 cm³/mol. The highest BCUT2D eigenvalue weighted by Gasteiger charge is 2.42. The van der Waals surface area contributed by atoms with E-state index in [1.807, 2.05) is 0 Å². The molecule has 2 aromatic heterocycles. The summed E-state index contributed by atoms with van der Waals surface area (Å²) >= 11 is 0. The zero-order chi connectivity index (χ0) is 20.6. The summed E-state index contributed by atoms with van der Waals surface area (Å²) in [5, 5.41) is 10.5. The molecule has 1 fully saturated rings. The maximum Gasteiger partial charge on any atom is 0.267 e. The quantitative estimate of drug-likeness (QED) is 0.610. The molecule has 0 bridgehead atoms. The normalized spacial score (nSPS) is 18.6. The van der Waals surface area contributed by atoms with E-state index in [0.717, 1.165) is 0 Å². The number of benzene rings is 1. The number of nitrogens with two attached hydrogens (primary N) is 1. The molecule has 1 unspecified atom stereocenters. The molecule has 0 saturated carbocycles. The number of anilines is 1. The second-order valence-electron chi connectivity index (χ2n) is 6.69. The molecular weight excluding hydrogens is 372 g/mol. The van der Waals surface area contributed by atoms with Gasteiger partial charge in [0.2, 0.25) is 5.60 Å². The van der Waals surface area contributed by atoms with Crippen molar-refractivity contribution >= 4 is 22.8 Å². The largest absolute Gasteiger partial charge is 0.496 e. The Morgan fingerprint density at radius 3 is 2.86 bits per heavy atom. The van der Waals surface area contributed by atoms with Crippen LogP contribution in [0.15, 0.2) is 30.7 Å². The highest BCUT2D eigenvalue weighted by Crippen LogP contribution is 2.30. The van der Waals surface area contributed by atoms with Gasteiger partial charge in [0.15, 0.2) is 11.6 Å². The standard InChI is InChI=1S/C20H18N6O3/c1-26-8-7-20(28,19(26)27)6-5-12-3-4-15(29-2)13(9-12)18-22-10-14-16(25-18)17(21)24-11-23-14/h3-4,9-11,28H,7-8H2,1-2H3,(H2,21,23,24). The molecule has 0 aliphatic carbocycles. The minimum Gasteiger partial charge on any atom is -0.496 e. The van der Waals surface area contributed by atoms with Crippen LogP contribution in [0.3, 0.4) is 0 Å². The monoisotopic (exact) mass is 390 g/mol. The first-order valence-corrected chi connectivity index (χ1v) is 8.84. The first kappa shape index (κ1) is 18.6. The van der Waals surface area contributed by atoms with Crippen LogP contribution in [0.4, 0.5) is 5.82 Å². The van der Waals surface area contributed by atoms with Crippen molar-refractivity contribution in [3.8, 4) is 29.0 Å². The van der Waals surface area contributed by atoms with Gasteiger partial charge >= 0.3 is 0 Å². The smallest absolute Gasteiger partial charge is 0.267 e. The molecule has 9 nitrogen and oxygen atoms in total. The zero-order valence-corrected chi connectivity index (χ0v) is 15.9. The molecule has 3 N–H and O–H groups in total. The maximum atomic E-state index is 12.1. The Morgan fingerprint density at radius 2 is 2.14 bits per heavy atom. The third kappa shape index (κ3) is 3.30. The van der Waals surface area contributed by atoms with Crippen molar-refractivity contribution in [1.82, 2.24) is 24.8 Å². The van der Waals surface area contributed by atoms with Crippen LogP contribution in [0, 0.1) is 11.8 Å². The van der Waals surface area contributed by atoms with Crippen molar-refractivity contribution < 1.29 is 14.6 Å². The summed E-state index contributed by atoms with van der Waals surface area (Å²) in [7, 11) is 3.18. The number of carbonyl (C=O) groups is 1. The minimum atomic E-state index is -1.67. The lowest BCUT2D eigenvalue weighted by Gasteiger charge is -2.13. The Kier molecular flexibility index (Phi) is 4.48. The number of rotatable bonds is 2. The number of nitrogens with zero attached hydrogens (tertiary/aromatic N) is 5. The fourth-order valence-corrected chi connectivity index (χ4v) is 3.11. The molecule has 3 aromatic rings. The van der Waals surface area contributed by atoms with Gasteiger partial charge in [-0.15, -0.1) is 0 Å². The van der Waals surface area contributed by atoms with Crippen molar-refractivity contribution in [2.24, 2.45) is 0 Å². The summed E-state index contributed by atoms with van der Waals surface area (Å²) in [6.07, 6.45) is 3.18. The molecule has 0 radical (unpaired) electrons. The second kappa shape index (κ2) is 7.00. The van der Waals surface area contributed by atoms with Crippen molar-refractivity contribution in [3.05, 3.63) is 36.3 Å². The molecule has 3 heterocycles. The fraction of sp³-hybridized carbons (Fsp3) is 0.250. The second-order valence-corrected chi connectivity index (χ2v) is 6.69. The summed E-state index contributed by atoms with van der Waals surface area (Å²) in [5.74, 6) is 6.35. The summed E-state index contributed by atoms with van der Waals surface area (Å²) in [6, 6.07) is 5.20. The maximum absolute atomic E-state index is 12.1. The van der Waals surface area contributed by atoms with Gasteiger partial charge in [-0.3, -0.25) is 4.79 Å². The van der Waals surface area contributed by atoms with Crippen LogP contribution in [0.25, 0.3) is 22.4 Å². The summed E-state index contributed by atoms with van der Waals surface area (Å²) in [5.41, 5.74) is 6.37. The molecule has 0 spiro atoms.